The van der Waals surface area contributed by atoms with Crippen molar-refractivity contribution in [1.82, 2.24) is 4.90 Å². The molecule has 0 aromatic heterocycles. The monoisotopic (exact) mass is 360 g/mol. The van der Waals surface area contributed by atoms with Gasteiger partial charge >= 0.3 is 0 Å². The van der Waals surface area contributed by atoms with Gasteiger partial charge in [-0.15, -0.1) is 0 Å². The average molecular weight is 361 g/mol. The molecule has 1 aliphatic heterocycles. The van der Waals surface area contributed by atoms with Gasteiger partial charge in [-0.25, -0.2) is 8.42 Å². The van der Waals surface area contributed by atoms with E-state index in [0.717, 1.165) is 24.2 Å². The lowest BCUT2D eigenvalue weighted by Gasteiger charge is -2.30. The number of sulfone groups is 1. The Hall–Kier alpha value is -0.850. The lowest BCUT2D eigenvalue weighted by atomic mass is 10.2. The Bertz CT molecular complexity index is 662. The maximum atomic E-state index is 11.7. The molecule has 0 spiro atoms. The Kier molecular flexibility index (Phi) is 5.69. The molecule has 4 nitrogen and oxygen atoms in total. The molecule has 1 atom stereocenters. The number of hydrogen-bond acceptors (Lipinski definition) is 3. The fourth-order valence-electron chi connectivity index (χ4n) is 2.58. The minimum absolute atomic E-state index is 0.0362. The van der Waals surface area contributed by atoms with Gasteiger partial charge in [-0.1, -0.05) is 24.6 Å². The van der Waals surface area contributed by atoms with E-state index >= 15 is 0 Å². The first-order chi connectivity index (χ1) is 10.3. The molecule has 0 aliphatic carbocycles. The quantitative estimate of drug-likeness (QED) is 0.835. The summed E-state index contributed by atoms with van der Waals surface area (Å²) in [7, 11) is -2.93. The topological polar surface area (TPSA) is 49.4 Å². The largest absolute Gasteiger partial charge is 0.345 e. The number of benzene rings is 1. The van der Waals surface area contributed by atoms with Crippen molar-refractivity contribution in [3.05, 3.63) is 28.8 Å². The SMILES string of the molecule is CCCN(C(=S)Nc1ccc(C)c(Cl)c1)[C@@H]1CCS(=O)(=O)C1. The molecule has 0 saturated carbocycles. The highest BCUT2D eigenvalue weighted by molar-refractivity contribution is 7.91. The highest BCUT2D eigenvalue weighted by Crippen LogP contribution is 2.22. The van der Waals surface area contributed by atoms with Crippen molar-refractivity contribution in [2.45, 2.75) is 32.7 Å². The first-order valence-corrected chi connectivity index (χ1v) is 9.97. The number of anilines is 1. The van der Waals surface area contributed by atoms with E-state index in [2.05, 4.69) is 12.2 Å². The summed E-state index contributed by atoms with van der Waals surface area (Å²) < 4.78 is 23.4. The maximum Gasteiger partial charge on any atom is 0.173 e. The molecule has 1 N–H and O–H groups in total. The molecule has 1 aliphatic rings. The van der Waals surface area contributed by atoms with Crippen molar-refractivity contribution in [3.8, 4) is 0 Å². The summed E-state index contributed by atoms with van der Waals surface area (Å²) in [5.41, 5.74) is 1.83. The van der Waals surface area contributed by atoms with Crippen molar-refractivity contribution in [1.29, 1.82) is 0 Å². The summed E-state index contributed by atoms with van der Waals surface area (Å²) >= 11 is 11.6. The Morgan fingerprint density at radius 1 is 1.50 bits per heavy atom. The van der Waals surface area contributed by atoms with Crippen LogP contribution < -0.4 is 5.32 Å². The Morgan fingerprint density at radius 2 is 2.23 bits per heavy atom. The summed E-state index contributed by atoms with van der Waals surface area (Å²) in [6.45, 7) is 4.74. The molecule has 22 heavy (non-hydrogen) atoms. The molecule has 7 heteroatoms. The van der Waals surface area contributed by atoms with Gasteiger partial charge in [0, 0.05) is 23.3 Å². The van der Waals surface area contributed by atoms with E-state index in [1.807, 2.05) is 30.0 Å². The van der Waals surface area contributed by atoms with Gasteiger partial charge in [0.15, 0.2) is 14.9 Å². The van der Waals surface area contributed by atoms with Crippen LogP contribution in [0, 0.1) is 6.92 Å². The first kappa shape index (κ1) is 17.5. The summed E-state index contributed by atoms with van der Waals surface area (Å²) in [4.78, 5) is 1.99. The smallest absolute Gasteiger partial charge is 0.173 e. The van der Waals surface area contributed by atoms with Crippen molar-refractivity contribution in [2.75, 3.05) is 23.4 Å². The number of hydrogen-bond donors (Lipinski definition) is 1. The zero-order valence-electron chi connectivity index (χ0n) is 12.8. The van der Waals surface area contributed by atoms with Crippen LogP contribution in [0.3, 0.4) is 0 Å². The molecular weight excluding hydrogens is 340 g/mol. The van der Waals surface area contributed by atoms with Crippen molar-refractivity contribution < 1.29 is 8.42 Å². The molecule has 0 radical (unpaired) electrons. The van der Waals surface area contributed by atoms with Crippen LogP contribution in [0.5, 0.6) is 0 Å². The van der Waals surface area contributed by atoms with Crippen LogP contribution in [0.1, 0.15) is 25.3 Å². The highest BCUT2D eigenvalue weighted by atomic mass is 35.5. The molecule has 1 heterocycles. The van der Waals surface area contributed by atoms with Crippen LogP contribution >= 0.6 is 23.8 Å². The predicted molar refractivity (Wildman–Crippen MR) is 96.5 cm³/mol. The number of thiocarbonyl (C=S) groups is 1. The highest BCUT2D eigenvalue weighted by Gasteiger charge is 2.33. The number of halogens is 1. The molecule has 0 amide bonds. The molecule has 1 fully saturated rings. The lowest BCUT2D eigenvalue weighted by Crippen LogP contribution is -2.43. The van der Waals surface area contributed by atoms with Gasteiger partial charge in [-0.05, 0) is 49.7 Å². The van der Waals surface area contributed by atoms with Gasteiger partial charge in [0.25, 0.3) is 0 Å². The van der Waals surface area contributed by atoms with Gasteiger partial charge < -0.3 is 10.2 Å². The number of nitrogens with one attached hydrogen (secondary N) is 1. The predicted octanol–water partition coefficient (Wildman–Crippen LogP) is 3.24. The zero-order chi connectivity index (χ0) is 16.3. The third-order valence-electron chi connectivity index (χ3n) is 3.80. The van der Waals surface area contributed by atoms with E-state index in [4.69, 9.17) is 23.8 Å². The molecule has 0 unspecified atom stereocenters. The fraction of sp³-hybridized carbons (Fsp3) is 0.533. The third-order valence-corrected chi connectivity index (χ3v) is 6.29. The second-order valence-electron chi connectivity index (χ2n) is 5.64. The van der Waals surface area contributed by atoms with E-state index in [1.165, 1.54) is 0 Å². The second-order valence-corrected chi connectivity index (χ2v) is 8.67. The van der Waals surface area contributed by atoms with Crippen molar-refractivity contribution in [3.63, 3.8) is 0 Å². The van der Waals surface area contributed by atoms with Gasteiger partial charge in [0.2, 0.25) is 0 Å². The van der Waals surface area contributed by atoms with E-state index in [1.54, 1.807) is 0 Å². The Labute approximate surface area is 142 Å². The fourth-order valence-corrected chi connectivity index (χ4v) is 4.85. The van der Waals surface area contributed by atoms with E-state index in [-0.39, 0.29) is 17.5 Å². The summed E-state index contributed by atoms with van der Waals surface area (Å²) in [6, 6.07) is 5.64. The molecular formula is C15H21ClN2O2S2. The van der Waals surface area contributed by atoms with Crippen LogP contribution in [0.4, 0.5) is 5.69 Å². The number of rotatable bonds is 4. The van der Waals surface area contributed by atoms with Crippen molar-refractivity contribution in [2.24, 2.45) is 0 Å². The third kappa shape index (κ3) is 4.33. The molecule has 1 aromatic rings. The minimum Gasteiger partial charge on any atom is -0.345 e. The van der Waals surface area contributed by atoms with Crippen LogP contribution in [0.15, 0.2) is 18.2 Å². The van der Waals surface area contributed by atoms with Crippen LogP contribution in [0.2, 0.25) is 5.02 Å². The number of aryl methyl sites for hydroxylation is 1. The molecule has 2 rings (SSSR count). The van der Waals surface area contributed by atoms with Crippen LogP contribution in [0.25, 0.3) is 0 Å². The maximum absolute atomic E-state index is 11.7. The van der Waals surface area contributed by atoms with Gasteiger partial charge in [-0.2, -0.15) is 0 Å². The molecule has 1 aromatic carbocycles. The van der Waals surface area contributed by atoms with E-state index in [9.17, 15) is 8.42 Å². The zero-order valence-corrected chi connectivity index (χ0v) is 15.2. The molecule has 122 valence electrons. The normalized spacial score (nSPS) is 19.9. The van der Waals surface area contributed by atoms with Crippen LogP contribution in [-0.2, 0) is 9.84 Å². The second kappa shape index (κ2) is 7.15. The standard InChI is InChI=1S/C15H21ClN2O2S2/c1-3-7-18(13-6-8-22(19,20)10-13)15(21)17-12-5-4-11(2)14(16)9-12/h4-5,9,13H,3,6-8,10H2,1-2H3,(H,17,21)/t13-/m1/s1. The van der Waals surface area contributed by atoms with E-state index < -0.39 is 9.84 Å². The van der Waals surface area contributed by atoms with Crippen molar-refractivity contribution >= 4 is 44.5 Å². The summed E-state index contributed by atoms with van der Waals surface area (Å²) in [6.07, 6.45) is 1.55. The van der Waals surface area contributed by atoms with Gasteiger partial charge in [0.1, 0.15) is 0 Å². The van der Waals surface area contributed by atoms with Gasteiger partial charge in [0.05, 0.1) is 11.5 Å². The summed E-state index contributed by atoms with van der Waals surface area (Å²) in [5, 5.41) is 4.42. The van der Waals surface area contributed by atoms with Crippen LogP contribution in [-0.4, -0.2) is 42.5 Å². The molecule has 0 bridgehead atoms. The average Bonchev–Trinajstić information content (AvgIpc) is 2.80. The summed E-state index contributed by atoms with van der Waals surface area (Å²) in [5.74, 6) is 0.431. The lowest BCUT2D eigenvalue weighted by molar-refractivity contribution is 0.339. The minimum atomic E-state index is -2.93. The Balaban J connectivity index is 2.11. The van der Waals surface area contributed by atoms with E-state index in [0.29, 0.717) is 16.6 Å². The number of nitrogens with zero attached hydrogens (tertiary/aromatic N) is 1. The van der Waals surface area contributed by atoms with Gasteiger partial charge in [-0.3, -0.25) is 0 Å². The first-order valence-electron chi connectivity index (χ1n) is 7.36. The molecule has 1 saturated heterocycles. The Morgan fingerprint density at radius 3 is 2.77 bits per heavy atom.